The first-order valence-corrected chi connectivity index (χ1v) is 10.7. The Balaban J connectivity index is 3.86. The molecule has 0 spiro atoms. The van der Waals surface area contributed by atoms with Gasteiger partial charge in [-0.3, -0.25) is 0 Å². The van der Waals surface area contributed by atoms with Gasteiger partial charge in [0.2, 0.25) is 0 Å². The molecule has 0 aromatic carbocycles. The number of hydrogen-bond donors (Lipinski definition) is 0. The Hall–Kier alpha value is -0.560. The molecular formula is C24H46O. The zero-order valence-corrected chi connectivity index (χ0v) is 18.5. The fraction of sp³-hybridized carbons (Fsp3) is 0.833. The lowest BCUT2D eigenvalue weighted by atomic mass is 9.89. The zero-order valence-electron chi connectivity index (χ0n) is 18.5. The highest BCUT2D eigenvalue weighted by Gasteiger charge is 2.13. The smallest absolute Gasteiger partial charge is 0.0468 e. The van der Waals surface area contributed by atoms with E-state index in [1.165, 1.54) is 49.7 Å². The van der Waals surface area contributed by atoms with Crippen LogP contribution in [-0.2, 0) is 4.74 Å². The number of allylic oxidation sites excluding steroid dienone is 4. The Kier molecular flexibility index (Phi) is 14.3. The molecule has 0 N–H and O–H groups in total. The number of rotatable bonds is 14. The quantitative estimate of drug-likeness (QED) is 0.229. The molecule has 0 bridgehead atoms. The van der Waals surface area contributed by atoms with Gasteiger partial charge in [-0.15, -0.1) is 0 Å². The van der Waals surface area contributed by atoms with Crippen LogP contribution >= 0.6 is 0 Å². The predicted octanol–water partition coefficient (Wildman–Crippen LogP) is 7.82. The van der Waals surface area contributed by atoms with Gasteiger partial charge in [0.15, 0.2) is 0 Å². The van der Waals surface area contributed by atoms with E-state index >= 15 is 0 Å². The molecule has 0 fully saturated rings. The summed E-state index contributed by atoms with van der Waals surface area (Å²) in [5.74, 6) is 2.97. The lowest BCUT2D eigenvalue weighted by molar-refractivity contribution is 0.0986. The molecule has 4 atom stereocenters. The van der Waals surface area contributed by atoms with Crippen molar-refractivity contribution in [1.29, 1.82) is 0 Å². The first kappa shape index (κ1) is 24.4. The summed E-state index contributed by atoms with van der Waals surface area (Å²) >= 11 is 0. The summed E-state index contributed by atoms with van der Waals surface area (Å²) in [6.45, 7) is 20.3. The molecule has 0 heterocycles. The van der Waals surface area contributed by atoms with Gasteiger partial charge in [-0.1, -0.05) is 64.8 Å². The van der Waals surface area contributed by atoms with E-state index in [4.69, 9.17) is 4.74 Å². The summed E-state index contributed by atoms with van der Waals surface area (Å²) in [6, 6.07) is 0. The Labute approximate surface area is 159 Å². The summed E-state index contributed by atoms with van der Waals surface area (Å²) < 4.78 is 5.94. The van der Waals surface area contributed by atoms with Crippen molar-refractivity contribution in [3.8, 4) is 0 Å². The van der Waals surface area contributed by atoms with Gasteiger partial charge in [-0.25, -0.2) is 0 Å². The summed E-state index contributed by atoms with van der Waals surface area (Å²) in [7, 11) is 0. The van der Waals surface area contributed by atoms with Crippen LogP contribution in [0.5, 0.6) is 0 Å². The monoisotopic (exact) mass is 350 g/mol. The van der Waals surface area contributed by atoms with Crippen LogP contribution in [0.4, 0.5) is 0 Å². The molecule has 0 amide bonds. The average Bonchev–Trinajstić information content (AvgIpc) is 2.62. The SMILES string of the molecule is CCC(C)=CCC(C)C(C)CCOCCC(C)C(C)CC=C(C)CC. The number of ether oxygens (including phenoxy) is 1. The Morgan fingerprint density at radius 3 is 1.36 bits per heavy atom. The van der Waals surface area contributed by atoms with Crippen molar-refractivity contribution >= 4 is 0 Å². The summed E-state index contributed by atoms with van der Waals surface area (Å²) in [5, 5.41) is 0. The molecule has 0 aliphatic carbocycles. The molecule has 1 nitrogen and oxygen atoms in total. The van der Waals surface area contributed by atoms with Crippen molar-refractivity contribution in [1.82, 2.24) is 0 Å². The maximum atomic E-state index is 5.94. The van der Waals surface area contributed by atoms with Crippen LogP contribution in [0.1, 0.15) is 93.9 Å². The van der Waals surface area contributed by atoms with Crippen LogP contribution in [0.2, 0.25) is 0 Å². The molecule has 0 aromatic heterocycles. The third-order valence-corrected chi connectivity index (χ3v) is 6.17. The zero-order chi connectivity index (χ0) is 19.2. The minimum absolute atomic E-state index is 0.736. The lowest BCUT2D eigenvalue weighted by Gasteiger charge is -2.20. The second kappa shape index (κ2) is 14.6. The topological polar surface area (TPSA) is 9.23 Å². The molecule has 0 aromatic rings. The molecule has 25 heavy (non-hydrogen) atoms. The molecule has 148 valence electrons. The van der Waals surface area contributed by atoms with Crippen LogP contribution in [0.3, 0.4) is 0 Å². The first-order valence-electron chi connectivity index (χ1n) is 10.7. The van der Waals surface area contributed by atoms with Gasteiger partial charge >= 0.3 is 0 Å². The normalized spacial score (nSPS) is 18.1. The van der Waals surface area contributed by atoms with Crippen molar-refractivity contribution < 1.29 is 4.74 Å². The van der Waals surface area contributed by atoms with Crippen LogP contribution in [0.25, 0.3) is 0 Å². The van der Waals surface area contributed by atoms with Crippen LogP contribution in [0.15, 0.2) is 23.3 Å². The van der Waals surface area contributed by atoms with Crippen molar-refractivity contribution in [3.05, 3.63) is 23.3 Å². The Morgan fingerprint density at radius 2 is 1.04 bits per heavy atom. The third kappa shape index (κ3) is 12.4. The number of hydrogen-bond acceptors (Lipinski definition) is 1. The molecular weight excluding hydrogens is 304 g/mol. The van der Waals surface area contributed by atoms with Gasteiger partial charge in [0.25, 0.3) is 0 Å². The van der Waals surface area contributed by atoms with E-state index < -0.39 is 0 Å². The molecule has 0 radical (unpaired) electrons. The molecule has 1 heteroatoms. The van der Waals surface area contributed by atoms with Crippen molar-refractivity contribution in [2.75, 3.05) is 13.2 Å². The van der Waals surface area contributed by atoms with Crippen LogP contribution < -0.4 is 0 Å². The van der Waals surface area contributed by atoms with Gasteiger partial charge in [0.05, 0.1) is 0 Å². The highest BCUT2D eigenvalue weighted by atomic mass is 16.5. The molecule has 0 saturated heterocycles. The average molecular weight is 351 g/mol. The van der Waals surface area contributed by atoms with E-state index in [1.807, 2.05) is 0 Å². The molecule has 4 unspecified atom stereocenters. The van der Waals surface area contributed by atoms with Gasteiger partial charge in [0, 0.05) is 13.2 Å². The minimum Gasteiger partial charge on any atom is -0.381 e. The summed E-state index contributed by atoms with van der Waals surface area (Å²) in [6.07, 6.45) is 12.0. The standard InChI is InChI=1S/C24H46O/c1-9-19(3)11-13-21(5)23(7)15-17-25-18-16-24(8)22(6)14-12-20(4)10-2/h11-12,21-24H,9-10,13-18H2,1-8H3. The van der Waals surface area contributed by atoms with Crippen molar-refractivity contribution in [2.45, 2.75) is 93.9 Å². The van der Waals surface area contributed by atoms with E-state index in [9.17, 15) is 0 Å². The Bertz CT molecular complexity index is 344. The highest BCUT2D eigenvalue weighted by Crippen LogP contribution is 2.22. The van der Waals surface area contributed by atoms with Crippen LogP contribution in [-0.4, -0.2) is 13.2 Å². The summed E-state index contributed by atoms with van der Waals surface area (Å²) in [5.41, 5.74) is 3.03. The molecule has 0 aliphatic heterocycles. The van der Waals surface area contributed by atoms with E-state index in [1.54, 1.807) is 0 Å². The Morgan fingerprint density at radius 1 is 0.680 bits per heavy atom. The predicted molar refractivity (Wildman–Crippen MR) is 114 cm³/mol. The van der Waals surface area contributed by atoms with Crippen LogP contribution in [0, 0.1) is 23.7 Å². The second-order valence-corrected chi connectivity index (χ2v) is 8.38. The maximum Gasteiger partial charge on any atom is 0.0468 e. The molecule has 0 rings (SSSR count). The molecule has 0 saturated carbocycles. The maximum absolute atomic E-state index is 5.94. The largest absolute Gasteiger partial charge is 0.381 e. The minimum atomic E-state index is 0.736. The third-order valence-electron chi connectivity index (χ3n) is 6.17. The fourth-order valence-electron chi connectivity index (χ4n) is 2.74. The van der Waals surface area contributed by atoms with Gasteiger partial charge in [-0.2, -0.15) is 0 Å². The van der Waals surface area contributed by atoms with E-state index in [2.05, 4.69) is 67.5 Å². The second-order valence-electron chi connectivity index (χ2n) is 8.38. The van der Waals surface area contributed by atoms with E-state index in [0.717, 1.165) is 36.9 Å². The van der Waals surface area contributed by atoms with Crippen molar-refractivity contribution in [3.63, 3.8) is 0 Å². The van der Waals surface area contributed by atoms with Gasteiger partial charge in [0.1, 0.15) is 0 Å². The first-order chi connectivity index (χ1) is 11.8. The highest BCUT2D eigenvalue weighted by molar-refractivity contribution is 4.98. The van der Waals surface area contributed by atoms with E-state index in [-0.39, 0.29) is 0 Å². The van der Waals surface area contributed by atoms with Gasteiger partial charge in [-0.05, 0) is 76.0 Å². The van der Waals surface area contributed by atoms with Crippen molar-refractivity contribution in [2.24, 2.45) is 23.7 Å². The fourth-order valence-corrected chi connectivity index (χ4v) is 2.74. The van der Waals surface area contributed by atoms with E-state index in [0.29, 0.717) is 0 Å². The van der Waals surface area contributed by atoms with Gasteiger partial charge < -0.3 is 4.74 Å². The molecule has 0 aliphatic rings. The summed E-state index contributed by atoms with van der Waals surface area (Å²) in [4.78, 5) is 0. The lowest BCUT2D eigenvalue weighted by Crippen LogP contribution is -2.13.